The van der Waals surface area contributed by atoms with Crippen LogP contribution in [0, 0.1) is 0 Å². The molecule has 2 N–H and O–H groups in total. The molecular formula is C20H18O6. The molecule has 134 valence electrons. The monoisotopic (exact) mass is 354 g/mol. The van der Waals surface area contributed by atoms with Gasteiger partial charge in [-0.2, -0.15) is 0 Å². The molecule has 0 amide bonds. The second-order valence-electron chi connectivity index (χ2n) is 7.71. The predicted octanol–water partition coefficient (Wildman–Crippen LogP) is 1.60. The third-order valence-corrected chi connectivity index (χ3v) is 5.31. The Hall–Kier alpha value is -2.57. The summed E-state index contributed by atoms with van der Waals surface area (Å²) < 4.78 is 17.5. The van der Waals surface area contributed by atoms with Crippen LogP contribution in [0.4, 0.5) is 0 Å². The van der Waals surface area contributed by atoms with E-state index in [1.54, 1.807) is 12.1 Å². The zero-order chi connectivity index (χ0) is 18.3. The third kappa shape index (κ3) is 1.91. The van der Waals surface area contributed by atoms with Gasteiger partial charge < -0.3 is 24.4 Å². The lowest BCUT2D eigenvalue weighted by molar-refractivity contribution is -0.187. The summed E-state index contributed by atoms with van der Waals surface area (Å²) in [5.74, 6) is 0.902. The minimum atomic E-state index is -1.71. The third-order valence-electron chi connectivity index (χ3n) is 5.31. The van der Waals surface area contributed by atoms with Crippen molar-refractivity contribution in [1.29, 1.82) is 0 Å². The molecule has 4 aliphatic rings. The second kappa shape index (κ2) is 4.58. The van der Waals surface area contributed by atoms with Gasteiger partial charge in [-0.05, 0) is 38.1 Å². The van der Waals surface area contributed by atoms with Crippen LogP contribution in [0.2, 0.25) is 0 Å². The van der Waals surface area contributed by atoms with Crippen LogP contribution in [0.15, 0.2) is 42.2 Å². The van der Waals surface area contributed by atoms with Crippen LogP contribution in [0.3, 0.4) is 0 Å². The minimum absolute atomic E-state index is 0.0922. The van der Waals surface area contributed by atoms with Crippen LogP contribution >= 0.6 is 0 Å². The smallest absolute Gasteiger partial charge is 0.181 e. The lowest BCUT2D eigenvalue weighted by atomic mass is 9.76. The zero-order valence-corrected chi connectivity index (χ0v) is 14.4. The van der Waals surface area contributed by atoms with E-state index in [0.29, 0.717) is 17.1 Å². The minimum Gasteiger partial charge on any atom is -0.491 e. The van der Waals surface area contributed by atoms with E-state index in [2.05, 4.69) is 0 Å². The normalized spacial score (nSPS) is 35.2. The summed E-state index contributed by atoms with van der Waals surface area (Å²) in [5.41, 5.74) is -2.33. The quantitative estimate of drug-likeness (QED) is 0.736. The highest BCUT2D eigenvalue weighted by Gasteiger charge is 2.63. The number of ketones is 1. The van der Waals surface area contributed by atoms with E-state index in [0.717, 1.165) is 5.56 Å². The zero-order valence-electron chi connectivity index (χ0n) is 14.4. The molecule has 0 saturated carbocycles. The number of rotatable bonds is 0. The van der Waals surface area contributed by atoms with Crippen LogP contribution in [-0.4, -0.2) is 39.9 Å². The molecule has 0 aromatic heterocycles. The Labute approximate surface area is 150 Å². The van der Waals surface area contributed by atoms with Crippen molar-refractivity contribution in [2.45, 2.75) is 36.8 Å². The topological polar surface area (TPSA) is 85.2 Å². The Morgan fingerprint density at radius 1 is 1.12 bits per heavy atom. The molecule has 6 nitrogen and oxygen atoms in total. The first-order valence-electron chi connectivity index (χ1n) is 8.48. The van der Waals surface area contributed by atoms with E-state index in [1.165, 1.54) is 18.2 Å². The van der Waals surface area contributed by atoms with Crippen molar-refractivity contribution in [2.75, 3.05) is 6.61 Å². The Morgan fingerprint density at radius 2 is 1.92 bits per heavy atom. The summed E-state index contributed by atoms with van der Waals surface area (Å²) in [4.78, 5) is 11.6. The van der Waals surface area contributed by atoms with Crippen molar-refractivity contribution in [1.82, 2.24) is 0 Å². The van der Waals surface area contributed by atoms with Crippen molar-refractivity contribution in [3.63, 3.8) is 0 Å². The van der Waals surface area contributed by atoms with E-state index in [1.807, 2.05) is 26.0 Å². The van der Waals surface area contributed by atoms with Gasteiger partial charge in [0, 0.05) is 23.3 Å². The van der Waals surface area contributed by atoms with Gasteiger partial charge in [0.2, 0.25) is 0 Å². The molecule has 1 aliphatic carbocycles. The van der Waals surface area contributed by atoms with E-state index in [9.17, 15) is 15.0 Å². The van der Waals surface area contributed by atoms with E-state index in [4.69, 9.17) is 14.2 Å². The van der Waals surface area contributed by atoms with Gasteiger partial charge in [0.05, 0.1) is 0 Å². The van der Waals surface area contributed by atoms with Gasteiger partial charge in [0.15, 0.2) is 23.1 Å². The van der Waals surface area contributed by atoms with Crippen molar-refractivity contribution >= 4 is 11.9 Å². The number of ether oxygens (including phenoxy) is 3. The van der Waals surface area contributed by atoms with E-state index < -0.39 is 22.9 Å². The Kier molecular flexibility index (Phi) is 2.76. The van der Waals surface area contributed by atoms with Gasteiger partial charge >= 0.3 is 0 Å². The van der Waals surface area contributed by atoms with Gasteiger partial charge in [-0.25, -0.2) is 0 Å². The summed E-state index contributed by atoms with van der Waals surface area (Å²) in [5, 5.41) is 22.4. The molecule has 1 aromatic rings. The second-order valence-corrected chi connectivity index (χ2v) is 7.71. The van der Waals surface area contributed by atoms with Crippen LogP contribution in [0.25, 0.3) is 6.08 Å². The van der Waals surface area contributed by atoms with Crippen molar-refractivity contribution in [3.05, 3.63) is 53.3 Å². The number of benzene rings is 1. The maximum atomic E-state index is 11.6. The summed E-state index contributed by atoms with van der Waals surface area (Å²) in [7, 11) is 0. The van der Waals surface area contributed by atoms with Gasteiger partial charge in [-0.3, -0.25) is 4.79 Å². The van der Waals surface area contributed by atoms with Crippen molar-refractivity contribution < 1.29 is 29.2 Å². The SMILES string of the molecule is CC1(C)C=Cc2cc3c(cc2O1)OC1C2(O)C=CC(=O)C=C2OC[C@]31O. The van der Waals surface area contributed by atoms with Crippen LogP contribution in [-0.2, 0) is 15.1 Å². The first-order valence-corrected chi connectivity index (χ1v) is 8.48. The van der Waals surface area contributed by atoms with Crippen LogP contribution in [0.5, 0.6) is 11.5 Å². The number of fused-ring (bicyclic) bond motifs is 6. The average Bonchev–Trinajstić information content (AvgIpc) is 2.87. The average molecular weight is 354 g/mol. The fourth-order valence-corrected chi connectivity index (χ4v) is 3.96. The fourth-order valence-electron chi connectivity index (χ4n) is 3.96. The first kappa shape index (κ1) is 15.7. The molecule has 26 heavy (non-hydrogen) atoms. The molecule has 1 saturated heterocycles. The number of allylic oxidation sites excluding steroid dienone is 2. The van der Waals surface area contributed by atoms with Gasteiger partial charge in [-0.15, -0.1) is 0 Å². The summed E-state index contributed by atoms with van der Waals surface area (Å²) in [6, 6.07) is 3.53. The lowest BCUT2D eigenvalue weighted by Crippen LogP contribution is -2.61. The molecule has 1 fully saturated rings. The molecular weight excluding hydrogens is 336 g/mol. The Morgan fingerprint density at radius 3 is 2.73 bits per heavy atom. The van der Waals surface area contributed by atoms with Crippen molar-refractivity contribution in [2.24, 2.45) is 0 Å². The largest absolute Gasteiger partial charge is 0.491 e. The van der Waals surface area contributed by atoms with Gasteiger partial charge in [0.25, 0.3) is 0 Å². The summed E-state index contributed by atoms with van der Waals surface area (Å²) in [6.45, 7) is 3.78. The highest BCUT2D eigenvalue weighted by atomic mass is 16.6. The highest BCUT2D eigenvalue weighted by Crippen LogP contribution is 2.53. The molecule has 6 heteroatoms. The Balaban J connectivity index is 1.63. The number of hydrogen-bond donors (Lipinski definition) is 2. The van der Waals surface area contributed by atoms with Crippen LogP contribution in [0.1, 0.15) is 25.0 Å². The number of aliphatic hydroxyl groups is 2. The maximum absolute atomic E-state index is 11.6. The van der Waals surface area contributed by atoms with Gasteiger partial charge in [-0.1, -0.05) is 6.08 Å². The molecule has 1 aromatic carbocycles. The van der Waals surface area contributed by atoms with Gasteiger partial charge in [0.1, 0.15) is 29.5 Å². The molecule has 3 aliphatic heterocycles. The predicted molar refractivity (Wildman–Crippen MR) is 91.6 cm³/mol. The van der Waals surface area contributed by atoms with E-state index in [-0.39, 0.29) is 18.1 Å². The van der Waals surface area contributed by atoms with E-state index >= 15 is 0 Å². The number of carbonyl (C=O) groups is 1. The molecule has 0 spiro atoms. The number of hydrogen-bond acceptors (Lipinski definition) is 6. The van der Waals surface area contributed by atoms with Crippen molar-refractivity contribution in [3.8, 4) is 11.5 Å². The number of carbonyl (C=O) groups excluding carboxylic acids is 1. The highest BCUT2D eigenvalue weighted by molar-refractivity contribution is 6.01. The molecule has 2 unspecified atom stereocenters. The maximum Gasteiger partial charge on any atom is 0.181 e. The molecule has 3 heterocycles. The molecule has 5 rings (SSSR count). The van der Waals surface area contributed by atoms with Crippen LogP contribution < -0.4 is 9.47 Å². The lowest BCUT2D eigenvalue weighted by Gasteiger charge is -2.45. The molecule has 3 atom stereocenters. The summed E-state index contributed by atoms with van der Waals surface area (Å²) in [6.07, 6.45) is 6.68. The first-order chi connectivity index (χ1) is 12.2. The standard InChI is InChI=1S/C20H18O6/c1-18(2)5-3-11-7-13-15(9-14(11)26-18)25-17-19(22)6-4-12(21)8-16(19)24-10-20(13,17)23/h3-9,17,22-23H,10H2,1-2H3/t17?,19?,20-/m0/s1. The summed E-state index contributed by atoms with van der Waals surface area (Å²) >= 11 is 0. The molecule has 0 bridgehead atoms. The Bertz CT molecular complexity index is 940. The fraction of sp³-hybridized carbons (Fsp3) is 0.350. The molecule has 0 radical (unpaired) electrons.